The van der Waals surface area contributed by atoms with Crippen LogP contribution in [0.4, 0.5) is 5.69 Å². The lowest BCUT2D eigenvalue weighted by atomic mass is 10.1. The second kappa shape index (κ2) is 5.98. The molecule has 1 unspecified atom stereocenters. The molecule has 94 valence electrons. The number of ether oxygens (including phenoxy) is 1. The zero-order valence-electron chi connectivity index (χ0n) is 10.4. The van der Waals surface area contributed by atoms with Crippen molar-refractivity contribution in [2.45, 2.75) is 32.4 Å². The number of nitrogens with zero attached hydrogens (tertiary/aromatic N) is 2. The van der Waals surface area contributed by atoms with Crippen LogP contribution in [0, 0.1) is 0 Å². The summed E-state index contributed by atoms with van der Waals surface area (Å²) in [6, 6.07) is 2.05. The van der Waals surface area contributed by atoms with Crippen LogP contribution >= 0.6 is 0 Å². The molecule has 0 saturated carbocycles. The highest BCUT2D eigenvalue weighted by Crippen LogP contribution is 2.24. The Morgan fingerprint density at radius 2 is 2.47 bits per heavy atom. The van der Waals surface area contributed by atoms with Crippen molar-refractivity contribution in [2.75, 3.05) is 24.6 Å². The van der Waals surface area contributed by atoms with Gasteiger partial charge in [0.05, 0.1) is 6.10 Å². The molecule has 0 bridgehead atoms. The number of hydrogen-bond donors (Lipinski definition) is 1. The Hall–Kier alpha value is -1.13. The van der Waals surface area contributed by atoms with Crippen LogP contribution in [0.2, 0.25) is 0 Å². The fraction of sp³-hybridized carbons (Fsp3) is 0.615. The molecule has 1 saturated heterocycles. The van der Waals surface area contributed by atoms with Crippen LogP contribution in [0.3, 0.4) is 0 Å². The first-order valence-electron chi connectivity index (χ1n) is 6.34. The highest BCUT2D eigenvalue weighted by Gasteiger charge is 2.21. The molecule has 2 heterocycles. The fourth-order valence-corrected chi connectivity index (χ4v) is 2.41. The Morgan fingerprint density at radius 1 is 1.59 bits per heavy atom. The van der Waals surface area contributed by atoms with Gasteiger partial charge in [0.15, 0.2) is 0 Å². The first-order valence-corrected chi connectivity index (χ1v) is 6.34. The molecule has 1 aromatic rings. The predicted octanol–water partition coefficient (Wildman–Crippen LogP) is 1.55. The molecule has 2 N–H and O–H groups in total. The second-order valence-electron chi connectivity index (χ2n) is 4.37. The quantitative estimate of drug-likeness (QED) is 0.860. The van der Waals surface area contributed by atoms with Gasteiger partial charge in [0.25, 0.3) is 0 Å². The van der Waals surface area contributed by atoms with Gasteiger partial charge in [-0.05, 0) is 25.8 Å². The van der Waals surface area contributed by atoms with Gasteiger partial charge in [0.1, 0.15) is 0 Å². The van der Waals surface area contributed by atoms with Crippen LogP contribution < -0.4 is 10.6 Å². The molecular formula is C13H21N3O. The molecule has 1 aliphatic rings. The lowest BCUT2D eigenvalue weighted by Gasteiger charge is -2.35. The maximum absolute atomic E-state index is 5.75. The average Bonchev–Trinajstić information content (AvgIpc) is 2.39. The molecule has 4 nitrogen and oxygen atoms in total. The second-order valence-corrected chi connectivity index (χ2v) is 4.37. The summed E-state index contributed by atoms with van der Waals surface area (Å²) in [4.78, 5) is 6.50. The van der Waals surface area contributed by atoms with E-state index in [4.69, 9.17) is 10.5 Å². The van der Waals surface area contributed by atoms with Crippen molar-refractivity contribution in [2.24, 2.45) is 5.73 Å². The van der Waals surface area contributed by atoms with Crippen molar-refractivity contribution >= 4 is 5.69 Å². The third kappa shape index (κ3) is 2.96. The summed E-state index contributed by atoms with van der Waals surface area (Å²) >= 11 is 0. The molecule has 1 atom stereocenters. The Kier molecular flexibility index (Phi) is 4.34. The van der Waals surface area contributed by atoms with Crippen LogP contribution in [0.25, 0.3) is 0 Å². The van der Waals surface area contributed by atoms with E-state index in [0.717, 1.165) is 31.7 Å². The van der Waals surface area contributed by atoms with E-state index < -0.39 is 0 Å². The van der Waals surface area contributed by atoms with Gasteiger partial charge in [-0.3, -0.25) is 4.98 Å². The van der Waals surface area contributed by atoms with E-state index in [2.05, 4.69) is 22.9 Å². The third-order valence-corrected chi connectivity index (χ3v) is 3.22. The molecule has 0 amide bonds. The van der Waals surface area contributed by atoms with Gasteiger partial charge >= 0.3 is 0 Å². The number of nitrogens with two attached hydrogens (primary N) is 1. The molecule has 17 heavy (non-hydrogen) atoms. The van der Waals surface area contributed by atoms with Crippen LogP contribution in [0.1, 0.15) is 25.3 Å². The molecule has 0 aromatic carbocycles. The van der Waals surface area contributed by atoms with E-state index in [-0.39, 0.29) is 0 Å². The Balaban J connectivity index is 2.10. The van der Waals surface area contributed by atoms with E-state index in [1.165, 1.54) is 12.1 Å². The highest BCUT2D eigenvalue weighted by atomic mass is 16.5. The Labute approximate surface area is 103 Å². The van der Waals surface area contributed by atoms with Crippen molar-refractivity contribution in [3.63, 3.8) is 0 Å². The van der Waals surface area contributed by atoms with E-state index in [0.29, 0.717) is 12.6 Å². The number of anilines is 1. The summed E-state index contributed by atoms with van der Waals surface area (Å²) < 4.78 is 5.72. The minimum Gasteiger partial charge on any atom is -0.377 e. The molecule has 0 spiro atoms. The van der Waals surface area contributed by atoms with E-state index in [9.17, 15) is 0 Å². The molecule has 1 aromatic heterocycles. The van der Waals surface area contributed by atoms with Crippen molar-refractivity contribution in [1.82, 2.24) is 4.98 Å². The monoisotopic (exact) mass is 235 g/mol. The number of rotatable bonds is 4. The topological polar surface area (TPSA) is 51.4 Å². The van der Waals surface area contributed by atoms with Crippen molar-refractivity contribution < 1.29 is 4.74 Å². The normalized spacial score (nSPS) is 20.6. The SMILES string of the molecule is CCOC1CCCN(c2ccncc2CN)C1. The number of aromatic nitrogens is 1. The van der Waals surface area contributed by atoms with Gasteiger partial charge < -0.3 is 15.4 Å². The maximum Gasteiger partial charge on any atom is 0.0750 e. The Morgan fingerprint density at radius 3 is 3.24 bits per heavy atom. The van der Waals surface area contributed by atoms with Crippen LogP contribution in [-0.2, 0) is 11.3 Å². The number of hydrogen-bond acceptors (Lipinski definition) is 4. The molecular weight excluding hydrogens is 214 g/mol. The van der Waals surface area contributed by atoms with Gasteiger partial charge in [0.2, 0.25) is 0 Å². The largest absolute Gasteiger partial charge is 0.377 e. The van der Waals surface area contributed by atoms with E-state index in [1.807, 2.05) is 12.4 Å². The molecule has 1 aliphatic heterocycles. The standard InChI is InChI=1S/C13H21N3O/c1-2-17-12-4-3-7-16(10-12)13-5-6-15-9-11(13)8-14/h5-6,9,12H,2-4,7-8,10,14H2,1H3. The molecule has 0 radical (unpaired) electrons. The highest BCUT2D eigenvalue weighted by molar-refractivity contribution is 5.52. The van der Waals surface area contributed by atoms with Gasteiger partial charge in [0, 0.05) is 49.9 Å². The minimum absolute atomic E-state index is 0.354. The lowest BCUT2D eigenvalue weighted by molar-refractivity contribution is 0.0526. The summed E-state index contributed by atoms with van der Waals surface area (Å²) in [5, 5.41) is 0. The van der Waals surface area contributed by atoms with Crippen molar-refractivity contribution in [3.8, 4) is 0 Å². The number of pyridine rings is 1. The number of piperidine rings is 1. The third-order valence-electron chi connectivity index (χ3n) is 3.22. The zero-order valence-corrected chi connectivity index (χ0v) is 10.4. The summed E-state index contributed by atoms with van der Waals surface area (Å²) in [5.41, 5.74) is 8.08. The minimum atomic E-state index is 0.354. The van der Waals surface area contributed by atoms with Gasteiger partial charge in [-0.25, -0.2) is 0 Å². The summed E-state index contributed by atoms with van der Waals surface area (Å²) in [6.07, 6.45) is 6.38. The zero-order chi connectivity index (χ0) is 12.1. The average molecular weight is 235 g/mol. The van der Waals surface area contributed by atoms with E-state index in [1.54, 1.807) is 0 Å². The van der Waals surface area contributed by atoms with Crippen LogP contribution in [0.5, 0.6) is 0 Å². The first kappa shape index (κ1) is 12.3. The predicted molar refractivity (Wildman–Crippen MR) is 69.0 cm³/mol. The van der Waals surface area contributed by atoms with E-state index >= 15 is 0 Å². The molecule has 2 rings (SSSR count). The molecule has 4 heteroatoms. The van der Waals surface area contributed by atoms with Crippen molar-refractivity contribution in [3.05, 3.63) is 24.0 Å². The van der Waals surface area contributed by atoms with Gasteiger partial charge in [-0.1, -0.05) is 0 Å². The summed E-state index contributed by atoms with van der Waals surface area (Å²) in [5.74, 6) is 0. The van der Waals surface area contributed by atoms with Crippen LogP contribution in [-0.4, -0.2) is 30.8 Å². The lowest BCUT2D eigenvalue weighted by Crippen LogP contribution is -2.40. The van der Waals surface area contributed by atoms with Crippen LogP contribution in [0.15, 0.2) is 18.5 Å². The van der Waals surface area contributed by atoms with Gasteiger partial charge in [-0.15, -0.1) is 0 Å². The molecule has 0 aliphatic carbocycles. The smallest absolute Gasteiger partial charge is 0.0750 e. The molecule has 1 fully saturated rings. The summed E-state index contributed by atoms with van der Waals surface area (Å²) in [6.45, 7) is 5.43. The first-order chi connectivity index (χ1) is 8.35. The van der Waals surface area contributed by atoms with Gasteiger partial charge in [-0.2, -0.15) is 0 Å². The Bertz CT molecular complexity index is 354. The van der Waals surface area contributed by atoms with Crippen molar-refractivity contribution in [1.29, 1.82) is 0 Å². The summed E-state index contributed by atoms with van der Waals surface area (Å²) in [7, 11) is 0. The fourth-order valence-electron chi connectivity index (χ4n) is 2.41. The maximum atomic E-state index is 5.75.